The van der Waals surface area contributed by atoms with Gasteiger partial charge in [0, 0.05) is 19.3 Å². The van der Waals surface area contributed by atoms with Gasteiger partial charge in [0.2, 0.25) is 0 Å². The third-order valence-electron chi connectivity index (χ3n) is 2.70. The zero-order valence-electron chi connectivity index (χ0n) is 10.4. The summed E-state index contributed by atoms with van der Waals surface area (Å²) in [6, 6.07) is 7.29. The molecule has 1 atom stereocenters. The highest BCUT2D eigenvalue weighted by molar-refractivity contribution is 5.74. The average molecular weight is 236 g/mol. The quantitative estimate of drug-likeness (QED) is 0.785. The third kappa shape index (κ3) is 4.07. The Labute approximate surface area is 102 Å². The van der Waals surface area contributed by atoms with Crippen LogP contribution in [0, 0.1) is 0 Å². The topological polar surface area (TPSA) is 66.6 Å². The maximum absolute atomic E-state index is 10.7. The fourth-order valence-corrected chi connectivity index (χ4v) is 1.68. The van der Waals surface area contributed by atoms with Crippen molar-refractivity contribution in [1.29, 1.82) is 0 Å². The van der Waals surface area contributed by atoms with Crippen LogP contribution in [0.2, 0.25) is 0 Å². The molecule has 0 amide bonds. The lowest BCUT2D eigenvalue weighted by atomic mass is 10.1. The average Bonchev–Trinajstić information content (AvgIpc) is 2.30. The van der Waals surface area contributed by atoms with E-state index in [1.807, 2.05) is 24.1 Å². The highest BCUT2D eigenvalue weighted by Crippen LogP contribution is 2.14. The molecule has 17 heavy (non-hydrogen) atoms. The van der Waals surface area contributed by atoms with E-state index in [4.69, 9.17) is 10.8 Å². The van der Waals surface area contributed by atoms with Crippen LogP contribution in [0.5, 0.6) is 0 Å². The molecule has 0 saturated heterocycles. The Kier molecular flexibility index (Phi) is 4.97. The Morgan fingerprint density at radius 3 is 2.47 bits per heavy atom. The molecule has 0 aromatic heterocycles. The Bertz CT molecular complexity index is 362. The van der Waals surface area contributed by atoms with Gasteiger partial charge in [0.1, 0.15) is 6.04 Å². The lowest BCUT2D eigenvalue weighted by Gasteiger charge is -2.21. The second kappa shape index (κ2) is 6.25. The van der Waals surface area contributed by atoms with Crippen LogP contribution < -0.4 is 10.6 Å². The van der Waals surface area contributed by atoms with Gasteiger partial charge in [-0.15, -0.1) is 0 Å². The summed E-state index contributed by atoms with van der Waals surface area (Å²) in [5.74, 6) is -0.973. The molecule has 0 spiro atoms. The largest absolute Gasteiger partial charge is 0.480 e. The van der Waals surface area contributed by atoms with Crippen molar-refractivity contribution in [2.24, 2.45) is 5.73 Å². The van der Waals surface area contributed by atoms with Gasteiger partial charge in [-0.2, -0.15) is 0 Å². The smallest absolute Gasteiger partial charge is 0.322 e. The number of rotatable bonds is 6. The van der Waals surface area contributed by atoms with E-state index in [0.29, 0.717) is 6.54 Å². The SMILES string of the molecule is CCCc1ccc(N(C)CC(N)C(=O)O)cc1. The van der Waals surface area contributed by atoms with Crippen molar-refractivity contribution >= 4 is 11.7 Å². The van der Waals surface area contributed by atoms with Crippen LogP contribution in [-0.2, 0) is 11.2 Å². The summed E-state index contributed by atoms with van der Waals surface area (Å²) in [5.41, 5.74) is 7.78. The first-order valence-electron chi connectivity index (χ1n) is 5.83. The van der Waals surface area contributed by atoms with Crippen LogP contribution >= 0.6 is 0 Å². The molecule has 1 unspecified atom stereocenters. The minimum atomic E-state index is -0.973. The number of nitrogens with two attached hydrogens (primary N) is 1. The Morgan fingerprint density at radius 1 is 1.41 bits per heavy atom. The van der Waals surface area contributed by atoms with Crippen molar-refractivity contribution in [3.63, 3.8) is 0 Å². The first-order chi connectivity index (χ1) is 8.04. The van der Waals surface area contributed by atoms with Crippen LogP contribution in [0.15, 0.2) is 24.3 Å². The minimum absolute atomic E-state index is 0.308. The second-order valence-corrected chi connectivity index (χ2v) is 4.24. The number of nitrogens with zero attached hydrogens (tertiary/aromatic N) is 1. The summed E-state index contributed by atoms with van der Waals surface area (Å²) in [6.07, 6.45) is 2.19. The molecule has 1 aromatic carbocycles. The van der Waals surface area contributed by atoms with Gasteiger partial charge >= 0.3 is 5.97 Å². The lowest BCUT2D eigenvalue weighted by Crippen LogP contribution is -2.41. The summed E-state index contributed by atoms with van der Waals surface area (Å²) in [7, 11) is 1.84. The first-order valence-corrected chi connectivity index (χ1v) is 5.83. The fraction of sp³-hybridized carbons (Fsp3) is 0.462. The monoisotopic (exact) mass is 236 g/mol. The van der Waals surface area contributed by atoms with E-state index in [2.05, 4.69) is 19.1 Å². The number of benzene rings is 1. The summed E-state index contributed by atoms with van der Waals surface area (Å²) in [6.45, 7) is 2.45. The van der Waals surface area contributed by atoms with E-state index in [1.54, 1.807) is 0 Å². The normalized spacial score (nSPS) is 12.2. The second-order valence-electron chi connectivity index (χ2n) is 4.24. The van der Waals surface area contributed by atoms with Crippen LogP contribution in [0.1, 0.15) is 18.9 Å². The molecule has 4 heteroatoms. The van der Waals surface area contributed by atoms with Crippen molar-refractivity contribution in [3.05, 3.63) is 29.8 Å². The molecule has 0 heterocycles. The number of carbonyl (C=O) groups is 1. The predicted octanol–water partition coefficient (Wildman–Crippen LogP) is 1.49. The van der Waals surface area contributed by atoms with E-state index >= 15 is 0 Å². The Morgan fingerprint density at radius 2 is 2.00 bits per heavy atom. The third-order valence-corrected chi connectivity index (χ3v) is 2.70. The predicted molar refractivity (Wildman–Crippen MR) is 69.3 cm³/mol. The van der Waals surface area contributed by atoms with Crippen LogP contribution in [0.3, 0.4) is 0 Å². The van der Waals surface area contributed by atoms with Crippen LogP contribution in [-0.4, -0.2) is 30.7 Å². The van der Waals surface area contributed by atoms with Gasteiger partial charge in [0.05, 0.1) is 0 Å². The van der Waals surface area contributed by atoms with Gasteiger partial charge in [-0.25, -0.2) is 0 Å². The molecule has 0 aliphatic heterocycles. The van der Waals surface area contributed by atoms with Crippen LogP contribution in [0.25, 0.3) is 0 Å². The lowest BCUT2D eigenvalue weighted by molar-refractivity contribution is -0.138. The molecule has 94 valence electrons. The van der Waals surface area contributed by atoms with Crippen molar-refractivity contribution in [1.82, 2.24) is 0 Å². The standard InChI is InChI=1S/C13H20N2O2/c1-3-4-10-5-7-11(8-6-10)15(2)9-12(14)13(16)17/h5-8,12H,3-4,9,14H2,1-2H3,(H,16,17). The van der Waals surface area contributed by atoms with E-state index in [1.165, 1.54) is 5.56 Å². The number of carboxylic acid groups (broad SMARTS) is 1. The molecule has 0 bridgehead atoms. The number of hydrogen-bond donors (Lipinski definition) is 2. The molecule has 3 N–H and O–H groups in total. The summed E-state index contributed by atoms with van der Waals surface area (Å²) < 4.78 is 0. The zero-order chi connectivity index (χ0) is 12.8. The number of aliphatic carboxylic acids is 1. The number of hydrogen-bond acceptors (Lipinski definition) is 3. The van der Waals surface area contributed by atoms with Gasteiger partial charge < -0.3 is 15.7 Å². The van der Waals surface area contributed by atoms with Gasteiger partial charge in [-0.05, 0) is 24.1 Å². The van der Waals surface area contributed by atoms with Gasteiger partial charge in [0.25, 0.3) is 0 Å². The van der Waals surface area contributed by atoms with Crippen molar-refractivity contribution in [2.75, 3.05) is 18.5 Å². The van der Waals surface area contributed by atoms with E-state index in [0.717, 1.165) is 18.5 Å². The number of likely N-dealkylation sites (N-methyl/N-ethyl adjacent to an activating group) is 1. The maximum atomic E-state index is 10.7. The molecular formula is C13H20N2O2. The molecule has 0 radical (unpaired) electrons. The molecule has 1 aromatic rings. The number of aryl methyl sites for hydroxylation is 1. The van der Waals surface area contributed by atoms with Gasteiger partial charge in [-0.3, -0.25) is 4.79 Å². The molecule has 0 aliphatic carbocycles. The fourth-order valence-electron chi connectivity index (χ4n) is 1.68. The van der Waals surface area contributed by atoms with Crippen molar-refractivity contribution < 1.29 is 9.90 Å². The van der Waals surface area contributed by atoms with Gasteiger partial charge in [0.15, 0.2) is 0 Å². The maximum Gasteiger partial charge on any atom is 0.322 e. The molecule has 4 nitrogen and oxygen atoms in total. The van der Waals surface area contributed by atoms with E-state index in [-0.39, 0.29) is 0 Å². The number of anilines is 1. The highest BCUT2D eigenvalue weighted by Gasteiger charge is 2.14. The molecule has 0 fully saturated rings. The molecular weight excluding hydrogens is 216 g/mol. The molecule has 0 aliphatic rings. The minimum Gasteiger partial charge on any atom is -0.480 e. The van der Waals surface area contributed by atoms with E-state index in [9.17, 15) is 4.79 Å². The zero-order valence-corrected chi connectivity index (χ0v) is 10.4. The summed E-state index contributed by atoms with van der Waals surface area (Å²) >= 11 is 0. The summed E-state index contributed by atoms with van der Waals surface area (Å²) in [4.78, 5) is 12.5. The highest BCUT2D eigenvalue weighted by atomic mass is 16.4. The Hall–Kier alpha value is -1.55. The first kappa shape index (κ1) is 13.5. The molecule has 0 saturated carbocycles. The van der Waals surface area contributed by atoms with Crippen LogP contribution in [0.4, 0.5) is 5.69 Å². The van der Waals surface area contributed by atoms with Crippen molar-refractivity contribution in [3.8, 4) is 0 Å². The van der Waals surface area contributed by atoms with E-state index < -0.39 is 12.0 Å². The van der Waals surface area contributed by atoms with Gasteiger partial charge in [-0.1, -0.05) is 25.5 Å². The molecule has 1 rings (SSSR count). The summed E-state index contributed by atoms with van der Waals surface area (Å²) in [5, 5.41) is 8.74. The van der Waals surface area contributed by atoms with Crippen molar-refractivity contribution in [2.45, 2.75) is 25.8 Å². The number of carboxylic acids is 1. The Balaban J connectivity index is 2.63.